The first-order chi connectivity index (χ1) is 7.15. The number of ether oxygens (including phenoxy) is 1. The van der Waals surface area contributed by atoms with Gasteiger partial charge in [0, 0.05) is 25.4 Å². The number of nitrogens with one attached hydrogen (secondary N) is 1. The summed E-state index contributed by atoms with van der Waals surface area (Å²) in [6, 6.07) is 2.92. The van der Waals surface area contributed by atoms with Crippen LogP contribution in [0, 0.1) is 10.1 Å². The van der Waals surface area contributed by atoms with Crippen molar-refractivity contribution in [3.63, 3.8) is 0 Å². The molecular formula is C9H13N3O3. The second-order valence-electron chi connectivity index (χ2n) is 3.13. The molecule has 0 spiro atoms. The van der Waals surface area contributed by atoms with Crippen LogP contribution in [0.3, 0.4) is 0 Å². The average Bonchev–Trinajstić information content (AvgIpc) is 2.18. The van der Waals surface area contributed by atoms with Crippen LogP contribution in [0.15, 0.2) is 18.3 Å². The number of rotatable bonds is 5. The number of nitro groups is 1. The summed E-state index contributed by atoms with van der Waals surface area (Å²) >= 11 is 0. The van der Waals surface area contributed by atoms with Crippen molar-refractivity contribution in [2.24, 2.45) is 0 Å². The van der Waals surface area contributed by atoms with E-state index in [1.807, 2.05) is 6.92 Å². The molecule has 1 rings (SSSR count). The maximum absolute atomic E-state index is 10.7. The molecular weight excluding hydrogens is 198 g/mol. The SMILES string of the molecule is COC[C@@H](C)Nc1ncccc1[N+](=O)[O-]. The molecule has 0 saturated carbocycles. The number of hydrogen-bond donors (Lipinski definition) is 1. The Balaban J connectivity index is 2.79. The van der Waals surface area contributed by atoms with Crippen LogP contribution in [-0.4, -0.2) is 29.7 Å². The first kappa shape index (κ1) is 11.4. The lowest BCUT2D eigenvalue weighted by Crippen LogP contribution is -2.22. The number of pyridine rings is 1. The van der Waals surface area contributed by atoms with Gasteiger partial charge in [0.1, 0.15) is 0 Å². The van der Waals surface area contributed by atoms with Crippen molar-refractivity contribution in [3.8, 4) is 0 Å². The van der Waals surface area contributed by atoms with Gasteiger partial charge in [-0.05, 0) is 13.0 Å². The molecule has 1 N–H and O–H groups in total. The Morgan fingerprint density at radius 1 is 1.73 bits per heavy atom. The molecule has 1 aromatic heterocycles. The Bertz CT molecular complexity index is 343. The topological polar surface area (TPSA) is 77.3 Å². The summed E-state index contributed by atoms with van der Waals surface area (Å²) in [6.07, 6.45) is 1.51. The molecule has 0 unspecified atom stereocenters. The minimum absolute atomic E-state index is 0.0244. The Hall–Kier alpha value is -1.69. The predicted molar refractivity (Wildman–Crippen MR) is 55.9 cm³/mol. The zero-order chi connectivity index (χ0) is 11.3. The van der Waals surface area contributed by atoms with E-state index in [4.69, 9.17) is 4.74 Å². The molecule has 0 bridgehead atoms. The van der Waals surface area contributed by atoms with E-state index >= 15 is 0 Å². The van der Waals surface area contributed by atoms with Crippen LogP contribution < -0.4 is 5.32 Å². The van der Waals surface area contributed by atoms with Crippen molar-refractivity contribution in [2.75, 3.05) is 19.0 Å². The van der Waals surface area contributed by atoms with Crippen LogP contribution in [0.4, 0.5) is 11.5 Å². The fourth-order valence-electron chi connectivity index (χ4n) is 1.18. The third-order valence-corrected chi connectivity index (χ3v) is 1.78. The molecule has 0 radical (unpaired) electrons. The monoisotopic (exact) mass is 211 g/mol. The highest BCUT2D eigenvalue weighted by Crippen LogP contribution is 2.20. The smallest absolute Gasteiger partial charge is 0.311 e. The van der Waals surface area contributed by atoms with Gasteiger partial charge in [-0.1, -0.05) is 0 Å². The lowest BCUT2D eigenvalue weighted by Gasteiger charge is -2.12. The minimum atomic E-state index is -0.463. The summed E-state index contributed by atoms with van der Waals surface area (Å²) in [6.45, 7) is 2.33. The molecule has 0 aliphatic heterocycles. The fraction of sp³-hybridized carbons (Fsp3) is 0.444. The molecule has 15 heavy (non-hydrogen) atoms. The van der Waals surface area contributed by atoms with Gasteiger partial charge in [0.05, 0.1) is 11.5 Å². The molecule has 0 fully saturated rings. The van der Waals surface area contributed by atoms with Gasteiger partial charge in [0.15, 0.2) is 0 Å². The van der Waals surface area contributed by atoms with E-state index in [0.29, 0.717) is 6.61 Å². The van der Waals surface area contributed by atoms with Gasteiger partial charge in [-0.25, -0.2) is 4.98 Å². The quantitative estimate of drug-likeness (QED) is 0.589. The summed E-state index contributed by atoms with van der Waals surface area (Å²) in [5.74, 6) is 0.270. The number of aromatic nitrogens is 1. The lowest BCUT2D eigenvalue weighted by molar-refractivity contribution is -0.384. The fourth-order valence-corrected chi connectivity index (χ4v) is 1.18. The van der Waals surface area contributed by atoms with Gasteiger partial charge in [0.25, 0.3) is 0 Å². The van der Waals surface area contributed by atoms with E-state index in [1.165, 1.54) is 18.3 Å². The van der Waals surface area contributed by atoms with E-state index in [1.54, 1.807) is 7.11 Å². The maximum Gasteiger partial charge on any atom is 0.311 e. The van der Waals surface area contributed by atoms with Gasteiger partial charge in [-0.2, -0.15) is 0 Å². The predicted octanol–water partition coefficient (Wildman–Crippen LogP) is 1.44. The van der Waals surface area contributed by atoms with Crippen molar-refractivity contribution in [2.45, 2.75) is 13.0 Å². The average molecular weight is 211 g/mol. The molecule has 1 heterocycles. The van der Waals surface area contributed by atoms with E-state index in [9.17, 15) is 10.1 Å². The maximum atomic E-state index is 10.7. The molecule has 0 aliphatic carbocycles. The van der Waals surface area contributed by atoms with Crippen molar-refractivity contribution in [1.29, 1.82) is 0 Å². The molecule has 1 atom stereocenters. The summed E-state index contributed by atoms with van der Waals surface area (Å²) in [5.41, 5.74) is -0.0274. The molecule has 0 amide bonds. The first-order valence-corrected chi connectivity index (χ1v) is 4.50. The van der Waals surface area contributed by atoms with E-state index in [0.717, 1.165) is 0 Å². The number of hydrogen-bond acceptors (Lipinski definition) is 5. The molecule has 6 heteroatoms. The third kappa shape index (κ3) is 3.17. The van der Waals surface area contributed by atoms with Crippen LogP contribution in [-0.2, 0) is 4.74 Å². The molecule has 82 valence electrons. The van der Waals surface area contributed by atoms with Crippen molar-refractivity contribution in [3.05, 3.63) is 28.4 Å². The normalized spacial score (nSPS) is 12.1. The standard InChI is InChI=1S/C9H13N3O3/c1-7(6-15-2)11-9-8(12(13)14)4-3-5-10-9/h3-5,7H,6H2,1-2H3,(H,10,11)/t7-/m1/s1. The summed E-state index contributed by atoms with van der Waals surface area (Å²) in [5, 5.41) is 13.6. The highest BCUT2D eigenvalue weighted by atomic mass is 16.6. The molecule has 0 saturated heterocycles. The van der Waals surface area contributed by atoms with E-state index in [2.05, 4.69) is 10.3 Å². The van der Waals surface area contributed by atoms with Crippen LogP contribution in [0.1, 0.15) is 6.92 Å². The highest BCUT2D eigenvalue weighted by Gasteiger charge is 2.15. The summed E-state index contributed by atoms with van der Waals surface area (Å²) in [7, 11) is 1.57. The van der Waals surface area contributed by atoms with Crippen LogP contribution in [0.2, 0.25) is 0 Å². The van der Waals surface area contributed by atoms with Gasteiger partial charge in [0.2, 0.25) is 5.82 Å². The van der Waals surface area contributed by atoms with Crippen LogP contribution in [0.5, 0.6) is 0 Å². The third-order valence-electron chi connectivity index (χ3n) is 1.78. The second-order valence-corrected chi connectivity index (χ2v) is 3.13. The summed E-state index contributed by atoms with van der Waals surface area (Å²) in [4.78, 5) is 14.1. The van der Waals surface area contributed by atoms with Crippen molar-refractivity contribution < 1.29 is 9.66 Å². The van der Waals surface area contributed by atoms with Gasteiger partial charge < -0.3 is 10.1 Å². The number of nitrogens with zero attached hydrogens (tertiary/aromatic N) is 2. The number of anilines is 1. The summed E-state index contributed by atoms with van der Waals surface area (Å²) < 4.78 is 4.92. The van der Waals surface area contributed by atoms with E-state index < -0.39 is 4.92 Å². The Morgan fingerprint density at radius 2 is 2.47 bits per heavy atom. The van der Waals surface area contributed by atoms with Gasteiger partial charge in [-0.15, -0.1) is 0 Å². The second kappa shape index (κ2) is 5.26. The zero-order valence-electron chi connectivity index (χ0n) is 8.64. The highest BCUT2D eigenvalue weighted by molar-refractivity contribution is 5.55. The zero-order valence-corrected chi connectivity index (χ0v) is 8.64. The lowest BCUT2D eigenvalue weighted by atomic mass is 10.3. The van der Waals surface area contributed by atoms with Crippen LogP contribution >= 0.6 is 0 Å². The van der Waals surface area contributed by atoms with Crippen LogP contribution in [0.25, 0.3) is 0 Å². The van der Waals surface area contributed by atoms with Gasteiger partial charge >= 0.3 is 5.69 Å². The van der Waals surface area contributed by atoms with E-state index in [-0.39, 0.29) is 17.5 Å². The Morgan fingerprint density at radius 3 is 3.07 bits per heavy atom. The molecule has 0 aliphatic rings. The minimum Gasteiger partial charge on any atom is -0.383 e. The van der Waals surface area contributed by atoms with Crippen molar-refractivity contribution >= 4 is 11.5 Å². The molecule has 0 aromatic carbocycles. The molecule has 6 nitrogen and oxygen atoms in total. The first-order valence-electron chi connectivity index (χ1n) is 4.50. The largest absolute Gasteiger partial charge is 0.383 e. The number of methoxy groups -OCH3 is 1. The Labute approximate surface area is 87.4 Å². The molecule has 1 aromatic rings. The van der Waals surface area contributed by atoms with Gasteiger partial charge in [-0.3, -0.25) is 10.1 Å². The van der Waals surface area contributed by atoms with Crippen molar-refractivity contribution in [1.82, 2.24) is 4.98 Å². The Kier molecular flexibility index (Phi) is 3.99.